The Morgan fingerprint density at radius 1 is 0.868 bits per heavy atom. The number of carbonyl (C=O) groups excluding carboxylic acids is 1. The fourth-order valence-electron chi connectivity index (χ4n) is 4.26. The Hall–Kier alpha value is -1.24. The molecule has 0 aromatic heterocycles. The van der Waals surface area contributed by atoms with E-state index in [-0.39, 0.29) is 13.2 Å². The van der Waals surface area contributed by atoms with E-state index in [0.29, 0.717) is 13.1 Å². The fraction of sp³-hybridized carbons (Fsp3) is 0.767. The molecule has 0 aliphatic rings. The van der Waals surface area contributed by atoms with Crippen LogP contribution in [0.15, 0.2) is 24.3 Å². The van der Waals surface area contributed by atoms with Gasteiger partial charge in [0.1, 0.15) is 12.4 Å². The van der Waals surface area contributed by atoms with Gasteiger partial charge in [-0.2, -0.15) is 0 Å². The minimum atomic E-state index is -2.00. The third-order valence-electron chi connectivity index (χ3n) is 6.55. The molecule has 2 atom stereocenters. The zero-order chi connectivity index (χ0) is 27.7. The first-order valence-corrected chi connectivity index (χ1v) is 16.0. The number of quaternary nitrogens is 1. The Labute approximate surface area is 233 Å². The SMILES string of the molecule is CCCCCCCCCCCCCCc1cccc(OCC(COP(O)OCCCC[NH+](C)C)OC=O)c1. The maximum absolute atomic E-state index is 10.9. The molecule has 1 aromatic rings. The Morgan fingerprint density at radius 3 is 2.16 bits per heavy atom. The van der Waals surface area contributed by atoms with Gasteiger partial charge in [-0.3, -0.25) is 4.79 Å². The maximum atomic E-state index is 10.9. The molecule has 1 aromatic carbocycles. The molecule has 0 fully saturated rings. The highest BCUT2D eigenvalue weighted by Crippen LogP contribution is 2.33. The van der Waals surface area contributed by atoms with Crippen molar-refractivity contribution in [1.29, 1.82) is 0 Å². The molecule has 0 aliphatic heterocycles. The van der Waals surface area contributed by atoms with E-state index in [1.807, 2.05) is 12.1 Å². The van der Waals surface area contributed by atoms with E-state index in [4.69, 9.17) is 18.5 Å². The molecule has 0 spiro atoms. The minimum Gasteiger partial charge on any atom is -0.490 e. The number of unbranched alkanes of at least 4 members (excludes halogenated alkanes) is 12. The summed E-state index contributed by atoms with van der Waals surface area (Å²) in [6.07, 6.45) is 18.5. The molecule has 0 saturated carbocycles. The van der Waals surface area contributed by atoms with Crippen molar-refractivity contribution < 1.29 is 33.1 Å². The number of hydrogen-bond acceptors (Lipinski definition) is 6. The van der Waals surface area contributed by atoms with Crippen molar-refractivity contribution in [2.75, 3.05) is 40.5 Å². The summed E-state index contributed by atoms with van der Waals surface area (Å²) in [6.45, 7) is 4.31. The third kappa shape index (κ3) is 20.7. The van der Waals surface area contributed by atoms with Crippen LogP contribution in [0.2, 0.25) is 0 Å². The number of ether oxygens (including phenoxy) is 2. The van der Waals surface area contributed by atoms with Gasteiger partial charge in [-0.05, 0) is 43.4 Å². The van der Waals surface area contributed by atoms with Gasteiger partial charge in [-0.15, -0.1) is 0 Å². The van der Waals surface area contributed by atoms with Crippen LogP contribution in [0.5, 0.6) is 5.75 Å². The number of carbonyl (C=O) groups is 1. The highest BCUT2D eigenvalue weighted by atomic mass is 31.2. The minimum absolute atomic E-state index is 0.0152. The van der Waals surface area contributed by atoms with Crippen molar-refractivity contribution in [2.24, 2.45) is 0 Å². The van der Waals surface area contributed by atoms with Crippen LogP contribution >= 0.6 is 8.60 Å². The topological polar surface area (TPSA) is 78.7 Å². The number of nitrogens with one attached hydrogen (secondary N) is 1. The standard InChI is InChI=1S/C30H54NO6P/c1-4-5-6-7-8-9-10-11-12-13-14-15-19-28-20-18-21-29(24-28)34-25-30(35-27-32)26-37-38(33)36-23-17-16-22-31(2)3/h18,20-21,24,27,30,33H,4-17,19,22-23,25-26H2,1-3H3/p+1. The van der Waals surface area contributed by atoms with Crippen LogP contribution in [0.4, 0.5) is 0 Å². The van der Waals surface area contributed by atoms with Crippen molar-refractivity contribution in [3.05, 3.63) is 29.8 Å². The van der Waals surface area contributed by atoms with Crippen LogP contribution in [0, 0.1) is 0 Å². The average Bonchev–Trinajstić information content (AvgIpc) is 2.90. The molecular formula is C30H55NO6P+. The Balaban J connectivity index is 2.18. The van der Waals surface area contributed by atoms with Crippen LogP contribution in [-0.4, -0.2) is 57.9 Å². The third-order valence-corrected chi connectivity index (χ3v) is 7.32. The second-order valence-electron chi connectivity index (χ2n) is 10.5. The highest BCUT2D eigenvalue weighted by Gasteiger charge is 2.16. The largest absolute Gasteiger partial charge is 0.490 e. The monoisotopic (exact) mass is 556 g/mol. The summed E-state index contributed by atoms with van der Waals surface area (Å²) < 4.78 is 21.6. The predicted octanol–water partition coefficient (Wildman–Crippen LogP) is 6.03. The Morgan fingerprint density at radius 2 is 1.53 bits per heavy atom. The molecule has 0 bridgehead atoms. The van der Waals surface area contributed by atoms with Crippen molar-refractivity contribution in [3.8, 4) is 5.75 Å². The molecule has 0 radical (unpaired) electrons. The normalized spacial score (nSPS) is 13.0. The Bertz CT molecular complexity index is 678. The lowest BCUT2D eigenvalue weighted by Gasteiger charge is -2.18. The molecule has 220 valence electrons. The Kier molecular flexibility index (Phi) is 22.7. The van der Waals surface area contributed by atoms with E-state index in [2.05, 4.69) is 33.2 Å². The number of benzene rings is 1. The van der Waals surface area contributed by atoms with E-state index >= 15 is 0 Å². The van der Waals surface area contributed by atoms with Crippen LogP contribution in [0.1, 0.15) is 102 Å². The lowest BCUT2D eigenvalue weighted by molar-refractivity contribution is -0.858. The molecule has 1 rings (SSSR count). The van der Waals surface area contributed by atoms with Gasteiger partial charge in [0.15, 0.2) is 6.10 Å². The number of hydrogen-bond donors (Lipinski definition) is 2. The lowest BCUT2D eigenvalue weighted by Crippen LogP contribution is -3.05. The van der Waals surface area contributed by atoms with Crippen LogP contribution < -0.4 is 9.64 Å². The highest BCUT2D eigenvalue weighted by molar-refractivity contribution is 7.40. The molecule has 2 unspecified atom stereocenters. The molecule has 0 aliphatic carbocycles. The molecule has 0 heterocycles. The average molecular weight is 557 g/mol. The van der Waals surface area contributed by atoms with Gasteiger partial charge < -0.3 is 28.3 Å². The first-order valence-electron chi connectivity index (χ1n) is 14.9. The van der Waals surface area contributed by atoms with Gasteiger partial charge in [0, 0.05) is 0 Å². The number of aryl methyl sites for hydroxylation is 1. The lowest BCUT2D eigenvalue weighted by atomic mass is 10.0. The smallest absolute Gasteiger partial charge is 0.329 e. The summed E-state index contributed by atoms with van der Waals surface area (Å²) in [5, 5.41) is 0. The van der Waals surface area contributed by atoms with Crippen LogP contribution in [0.3, 0.4) is 0 Å². The first-order chi connectivity index (χ1) is 18.5. The van der Waals surface area contributed by atoms with Crippen molar-refractivity contribution >= 4 is 15.1 Å². The van der Waals surface area contributed by atoms with E-state index in [0.717, 1.165) is 31.6 Å². The van der Waals surface area contributed by atoms with Crippen molar-refractivity contribution in [2.45, 2.75) is 109 Å². The van der Waals surface area contributed by atoms with E-state index in [9.17, 15) is 9.69 Å². The van der Waals surface area contributed by atoms with E-state index in [1.54, 1.807) is 0 Å². The zero-order valence-electron chi connectivity index (χ0n) is 24.3. The van der Waals surface area contributed by atoms with Crippen LogP contribution in [-0.2, 0) is 25.0 Å². The summed E-state index contributed by atoms with van der Waals surface area (Å²) >= 11 is 0. The molecule has 2 N–H and O–H groups in total. The van der Waals surface area contributed by atoms with Crippen molar-refractivity contribution in [1.82, 2.24) is 0 Å². The van der Waals surface area contributed by atoms with Gasteiger partial charge in [-0.25, -0.2) is 0 Å². The van der Waals surface area contributed by atoms with Gasteiger partial charge >= 0.3 is 8.60 Å². The number of rotatable bonds is 27. The maximum Gasteiger partial charge on any atom is 0.329 e. The van der Waals surface area contributed by atoms with Crippen LogP contribution in [0.25, 0.3) is 0 Å². The summed E-state index contributed by atoms with van der Waals surface area (Å²) in [6, 6.07) is 8.08. The molecule has 0 saturated heterocycles. The van der Waals surface area contributed by atoms with Gasteiger partial charge in [0.25, 0.3) is 6.47 Å². The van der Waals surface area contributed by atoms with E-state index in [1.165, 1.54) is 87.5 Å². The summed E-state index contributed by atoms with van der Waals surface area (Å²) in [5.74, 6) is 0.742. The molecular weight excluding hydrogens is 501 g/mol. The molecule has 0 amide bonds. The quantitative estimate of drug-likeness (QED) is 0.0783. The summed E-state index contributed by atoms with van der Waals surface area (Å²) in [4.78, 5) is 22.2. The molecule has 7 nitrogen and oxygen atoms in total. The predicted molar refractivity (Wildman–Crippen MR) is 156 cm³/mol. The fourth-order valence-corrected chi connectivity index (χ4v) is 4.92. The van der Waals surface area contributed by atoms with Gasteiger partial charge in [0.2, 0.25) is 0 Å². The molecule has 8 heteroatoms. The summed E-state index contributed by atoms with van der Waals surface area (Å²) in [5.41, 5.74) is 1.25. The first kappa shape index (κ1) is 34.8. The van der Waals surface area contributed by atoms with Gasteiger partial charge in [0.05, 0.1) is 33.9 Å². The second kappa shape index (κ2) is 24.8. The molecule has 38 heavy (non-hydrogen) atoms. The zero-order valence-corrected chi connectivity index (χ0v) is 25.2. The summed E-state index contributed by atoms with van der Waals surface area (Å²) in [7, 11) is 2.21. The second-order valence-corrected chi connectivity index (χ2v) is 11.5. The van der Waals surface area contributed by atoms with Crippen molar-refractivity contribution in [3.63, 3.8) is 0 Å². The van der Waals surface area contributed by atoms with Gasteiger partial charge in [-0.1, -0.05) is 89.7 Å². The van der Waals surface area contributed by atoms with E-state index < -0.39 is 14.7 Å².